The smallest absolute Gasteiger partial charge is 0.267 e. The van der Waals surface area contributed by atoms with E-state index in [1.54, 1.807) is 11.8 Å². The van der Waals surface area contributed by atoms with Crippen molar-refractivity contribution in [1.29, 1.82) is 0 Å². The zero-order valence-corrected chi connectivity index (χ0v) is 13.4. The number of H-pyrrole nitrogens is 2. The Morgan fingerprint density at radius 3 is 2.91 bits per heavy atom. The van der Waals surface area contributed by atoms with Crippen LogP contribution in [0.3, 0.4) is 0 Å². The van der Waals surface area contributed by atoms with Crippen molar-refractivity contribution in [2.24, 2.45) is 10.7 Å². The Kier molecular flexibility index (Phi) is 4.85. The number of nitrogens with one attached hydrogen (secondary N) is 2. The van der Waals surface area contributed by atoms with E-state index in [-0.39, 0.29) is 13.2 Å². The lowest BCUT2D eigenvalue weighted by Gasteiger charge is -2.21. The molecule has 7 nitrogen and oxygen atoms in total. The highest BCUT2D eigenvalue weighted by Gasteiger charge is 2.30. The number of nitrogens with two attached hydrogens (primary N) is 1. The van der Waals surface area contributed by atoms with E-state index < -0.39 is 6.10 Å². The highest BCUT2D eigenvalue weighted by atomic mass is 32.2. The minimum atomic E-state index is -0.818. The van der Waals surface area contributed by atoms with Gasteiger partial charge in [-0.15, -0.1) is 0 Å². The molecule has 0 spiro atoms. The molecule has 0 amide bonds. The number of anilines is 1. The summed E-state index contributed by atoms with van der Waals surface area (Å²) in [5, 5.41) is 19.6. The first-order valence-electron chi connectivity index (χ1n) is 7.33. The zero-order valence-electron chi connectivity index (χ0n) is 12.6. The van der Waals surface area contributed by atoms with Gasteiger partial charge in [0.05, 0.1) is 13.2 Å². The molecule has 23 heavy (non-hydrogen) atoms. The Labute approximate surface area is 138 Å². The van der Waals surface area contributed by atoms with Crippen LogP contribution in [0.2, 0.25) is 0 Å². The van der Waals surface area contributed by atoms with Crippen molar-refractivity contribution in [3.05, 3.63) is 41.6 Å². The fourth-order valence-electron chi connectivity index (χ4n) is 2.37. The van der Waals surface area contributed by atoms with Gasteiger partial charge in [0.1, 0.15) is 6.10 Å². The normalized spacial score (nSPS) is 15.2. The summed E-state index contributed by atoms with van der Waals surface area (Å²) in [6.07, 6.45) is -0.818. The van der Waals surface area contributed by atoms with Crippen LogP contribution in [0.15, 0.2) is 40.5 Å². The molecule has 1 aliphatic heterocycles. The lowest BCUT2D eigenvalue weighted by Crippen LogP contribution is -2.41. The predicted octanol–water partition coefficient (Wildman–Crippen LogP) is -0.0429. The number of aliphatic hydroxyl groups excluding tert-OH is 2. The second kappa shape index (κ2) is 7.03. The second-order valence-electron chi connectivity index (χ2n) is 5.32. The number of thioether (sulfide) groups is 1. The van der Waals surface area contributed by atoms with Gasteiger partial charge in [0.15, 0.2) is 12.5 Å². The van der Waals surface area contributed by atoms with E-state index in [1.165, 1.54) is 5.56 Å². The van der Waals surface area contributed by atoms with Gasteiger partial charge in [0, 0.05) is 5.75 Å². The average Bonchev–Trinajstić information content (AvgIpc) is 3.02. The number of hydrogen-bond donors (Lipinski definition) is 4. The summed E-state index contributed by atoms with van der Waals surface area (Å²) >= 11 is 1.64. The van der Waals surface area contributed by atoms with E-state index in [2.05, 4.69) is 27.1 Å². The van der Waals surface area contributed by atoms with Crippen molar-refractivity contribution >= 4 is 23.4 Å². The Morgan fingerprint density at radius 2 is 2.17 bits per heavy atom. The highest BCUT2D eigenvalue weighted by Crippen LogP contribution is 2.24. The summed E-state index contributed by atoms with van der Waals surface area (Å²) in [4.78, 5) is 12.6. The predicted molar refractivity (Wildman–Crippen MR) is 89.4 cm³/mol. The van der Waals surface area contributed by atoms with Crippen LogP contribution < -0.4 is 15.6 Å². The number of aromatic amines is 2. The maximum atomic E-state index is 9.66. The fraction of sp³-hybridized carbons (Fsp3) is 0.333. The first-order valence-corrected chi connectivity index (χ1v) is 8.32. The van der Waals surface area contributed by atoms with Crippen LogP contribution >= 0.6 is 11.8 Å². The molecule has 0 unspecified atom stereocenters. The second-order valence-corrected chi connectivity index (χ2v) is 6.31. The molecule has 0 bridgehead atoms. The van der Waals surface area contributed by atoms with Gasteiger partial charge in [-0.25, -0.2) is 9.98 Å². The third-order valence-corrected chi connectivity index (χ3v) is 4.53. The summed E-state index contributed by atoms with van der Waals surface area (Å²) in [5.74, 6) is 2.06. The van der Waals surface area contributed by atoms with Gasteiger partial charge in [-0.3, -0.25) is 9.88 Å². The van der Waals surface area contributed by atoms with Gasteiger partial charge in [-0.1, -0.05) is 42.1 Å². The number of aliphatic imine (C=N–C) groups is 1. The molecule has 3 rings (SSSR count). The minimum Gasteiger partial charge on any atom is -0.394 e. The van der Waals surface area contributed by atoms with Crippen molar-refractivity contribution in [3.8, 4) is 0 Å². The molecule has 1 aromatic carbocycles. The van der Waals surface area contributed by atoms with Crippen LogP contribution in [0.5, 0.6) is 0 Å². The number of nitrogens with zero attached hydrogens (tertiary/aromatic N) is 2. The number of imidazole rings is 1. The molecule has 8 heteroatoms. The van der Waals surface area contributed by atoms with Crippen molar-refractivity contribution < 1.29 is 15.2 Å². The number of β-amino-alcohol motifs (C(OH)–C–C–N with tert-alkyl or cyclic N) is 1. The number of rotatable bonds is 6. The molecule has 6 N–H and O–H groups in total. The summed E-state index contributed by atoms with van der Waals surface area (Å²) in [5.41, 5.74) is 7.89. The molecule has 1 atom stereocenters. The van der Waals surface area contributed by atoms with Crippen LogP contribution in [-0.4, -0.2) is 47.0 Å². The average molecular weight is 334 g/mol. The lowest BCUT2D eigenvalue weighted by atomic mass is 10.2. The molecule has 1 aliphatic rings. The minimum absolute atomic E-state index is 0.287. The Morgan fingerprint density at radius 1 is 1.39 bits per heavy atom. The van der Waals surface area contributed by atoms with E-state index >= 15 is 0 Å². The molecular formula is C15H20N5O2S+. The van der Waals surface area contributed by atoms with Gasteiger partial charge < -0.3 is 15.9 Å². The van der Waals surface area contributed by atoms with Gasteiger partial charge in [0.25, 0.3) is 11.0 Å². The zero-order chi connectivity index (χ0) is 16.2. The van der Waals surface area contributed by atoms with Crippen LogP contribution in [0, 0.1) is 0 Å². The van der Waals surface area contributed by atoms with Crippen LogP contribution in [-0.2, 0) is 5.75 Å². The fourth-order valence-corrected chi connectivity index (χ4v) is 3.22. The van der Waals surface area contributed by atoms with Crippen LogP contribution in [0.4, 0.5) is 5.82 Å². The van der Waals surface area contributed by atoms with Crippen LogP contribution in [0.25, 0.3) is 0 Å². The van der Waals surface area contributed by atoms with Gasteiger partial charge >= 0.3 is 0 Å². The maximum absolute atomic E-state index is 9.66. The molecule has 0 radical (unpaired) electrons. The van der Waals surface area contributed by atoms with E-state index in [0.29, 0.717) is 12.5 Å². The molecule has 1 aromatic heterocycles. The topological polar surface area (TPSA) is 112 Å². The lowest BCUT2D eigenvalue weighted by molar-refractivity contribution is -0.412. The molecule has 0 saturated carbocycles. The molecule has 122 valence electrons. The monoisotopic (exact) mass is 334 g/mol. The molecule has 0 fully saturated rings. The Hall–Kier alpha value is -2.03. The number of fused-ring (bicyclic) bond motifs is 1. The van der Waals surface area contributed by atoms with Crippen molar-refractivity contribution in [1.82, 2.24) is 4.98 Å². The van der Waals surface area contributed by atoms with E-state index in [1.807, 2.05) is 23.1 Å². The van der Waals surface area contributed by atoms with Gasteiger partial charge in [-0.05, 0) is 5.56 Å². The van der Waals surface area contributed by atoms with E-state index in [4.69, 9.17) is 10.8 Å². The van der Waals surface area contributed by atoms with Gasteiger partial charge in [0.2, 0.25) is 5.69 Å². The molecule has 2 heterocycles. The van der Waals surface area contributed by atoms with Crippen LogP contribution in [0.1, 0.15) is 11.3 Å². The van der Waals surface area contributed by atoms with Crippen molar-refractivity contribution in [3.63, 3.8) is 0 Å². The molecule has 0 saturated heterocycles. The summed E-state index contributed by atoms with van der Waals surface area (Å²) in [6, 6.07) is 10.2. The molecular weight excluding hydrogens is 314 g/mol. The van der Waals surface area contributed by atoms with Gasteiger partial charge in [-0.2, -0.15) is 0 Å². The molecule has 2 aromatic rings. The van der Waals surface area contributed by atoms with Crippen molar-refractivity contribution in [2.45, 2.75) is 17.0 Å². The number of amidine groups is 1. The number of hydrogen-bond acceptors (Lipinski definition) is 6. The molecule has 0 aliphatic carbocycles. The summed E-state index contributed by atoms with van der Waals surface area (Å²) < 4.78 is 0. The van der Waals surface area contributed by atoms with E-state index in [0.717, 1.165) is 22.4 Å². The summed E-state index contributed by atoms with van der Waals surface area (Å²) in [7, 11) is 0. The maximum Gasteiger partial charge on any atom is 0.267 e. The highest BCUT2D eigenvalue weighted by molar-refractivity contribution is 7.98. The first-order chi connectivity index (χ1) is 11.2. The van der Waals surface area contributed by atoms with E-state index in [9.17, 15) is 5.11 Å². The third kappa shape index (κ3) is 3.66. The first kappa shape index (κ1) is 15.9. The quantitative estimate of drug-likeness (QED) is 0.554. The third-order valence-electron chi connectivity index (χ3n) is 3.56. The number of aromatic nitrogens is 2. The number of aliphatic hydroxyl groups is 2. The Balaban J connectivity index is 1.75. The standard InChI is InChI=1S/C15H19N5O2S/c16-13-12-14(20(9-17-13)6-11(22)7-21)19-15(18-12)23-8-10-4-2-1-3-5-10/h1-5,11,21-22H,6-9H2,(H2,16,17)(H,18,19)/p+1/t11-/m0/s1. The Bertz CT molecular complexity index is 688. The largest absolute Gasteiger partial charge is 0.394 e. The number of benzene rings is 1. The summed E-state index contributed by atoms with van der Waals surface area (Å²) in [6.45, 7) is 0.357. The SMILES string of the molecule is NC1=NCN(C[C@H](O)CO)c2[nH+]c(SCc3ccccc3)[nH]c21. The van der Waals surface area contributed by atoms with Crippen molar-refractivity contribution in [2.75, 3.05) is 24.7 Å².